The van der Waals surface area contributed by atoms with Gasteiger partial charge < -0.3 is 39.7 Å². The van der Waals surface area contributed by atoms with Crippen molar-refractivity contribution in [3.05, 3.63) is 111 Å². The molecule has 11 heteroatoms. The fourth-order valence-corrected chi connectivity index (χ4v) is 6.30. The number of hydrogen-bond acceptors (Lipinski definition) is 8. The third kappa shape index (κ3) is 9.97. The van der Waals surface area contributed by atoms with Crippen molar-refractivity contribution in [3.8, 4) is 28.4 Å². The van der Waals surface area contributed by atoms with Crippen molar-refractivity contribution >= 4 is 11.6 Å². The molecule has 4 aromatic carbocycles. The molecule has 51 heavy (non-hydrogen) atoms. The van der Waals surface area contributed by atoms with E-state index in [2.05, 4.69) is 36.2 Å². The van der Waals surface area contributed by atoms with Crippen LogP contribution in [0.2, 0.25) is 5.02 Å². The molecule has 1 heterocycles. The largest absolute Gasteiger partial charge is 0.493 e. The zero-order valence-electron chi connectivity index (χ0n) is 29.4. The summed E-state index contributed by atoms with van der Waals surface area (Å²) < 4.78 is 45.9. The number of aliphatic hydroxyl groups excluding tert-OH is 3. The van der Waals surface area contributed by atoms with Crippen LogP contribution in [0.3, 0.4) is 0 Å². The highest BCUT2D eigenvalue weighted by Gasteiger charge is 2.23. The second-order valence-corrected chi connectivity index (χ2v) is 13.8. The third-order valence-electron chi connectivity index (χ3n) is 9.42. The minimum atomic E-state index is -0.970. The summed E-state index contributed by atoms with van der Waals surface area (Å²) in [6.45, 7) is 8.70. The van der Waals surface area contributed by atoms with Crippen molar-refractivity contribution in [2.45, 2.75) is 65.0 Å². The van der Waals surface area contributed by atoms with Gasteiger partial charge in [-0.3, -0.25) is 0 Å². The number of nitrogens with zero attached hydrogens (tertiary/aromatic N) is 1. The molecule has 1 atom stereocenters. The number of aliphatic hydroxyl groups is 3. The monoisotopic (exact) mass is 724 g/mol. The summed E-state index contributed by atoms with van der Waals surface area (Å²) in [5.74, 6) is -0.319. The maximum Gasteiger partial charge on any atom is 0.159 e. The van der Waals surface area contributed by atoms with Crippen molar-refractivity contribution in [1.29, 1.82) is 0 Å². The molecule has 1 fully saturated rings. The smallest absolute Gasteiger partial charge is 0.159 e. The summed E-state index contributed by atoms with van der Waals surface area (Å²) >= 11 is 6.72. The predicted octanol–water partition coefficient (Wildman–Crippen LogP) is 6.73. The van der Waals surface area contributed by atoms with E-state index in [1.54, 1.807) is 19.1 Å². The van der Waals surface area contributed by atoms with E-state index in [0.29, 0.717) is 34.3 Å². The lowest BCUT2D eigenvalue weighted by molar-refractivity contribution is 0.103. The van der Waals surface area contributed by atoms with Crippen molar-refractivity contribution in [2.24, 2.45) is 0 Å². The van der Waals surface area contributed by atoms with Crippen molar-refractivity contribution in [2.75, 3.05) is 39.5 Å². The maximum absolute atomic E-state index is 13.9. The van der Waals surface area contributed by atoms with Gasteiger partial charge in [0, 0.05) is 37.8 Å². The van der Waals surface area contributed by atoms with E-state index in [-0.39, 0.29) is 39.1 Å². The van der Waals surface area contributed by atoms with E-state index in [0.717, 1.165) is 78.2 Å². The number of benzene rings is 4. The third-order valence-corrected chi connectivity index (χ3v) is 9.72. The predicted molar refractivity (Wildman–Crippen MR) is 194 cm³/mol. The lowest BCUT2D eigenvalue weighted by Gasteiger charge is -2.27. The van der Waals surface area contributed by atoms with Gasteiger partial charge in [-0.25, -0.2) is 8.78 Å². The van der Waals surface area contributed by atoms with Crippen molar-refractivity contribution < 1.29 is 38.3 Å². The maximum atomic E-state index is 13.9. The van der Waals surface area contributed by atoms with Crippen molar-refractivity contribution in [1.82, 2.24) is 10.2 Å². The molecule has 8 nitrogen and oxygen atoms in total. The zero-order valence-corrected chi connectivity index (χ0v) is 30.1. The zero-order chi connectivity index (χ0) is 36.5. The number of hydrogen-bond donors (Lipinski definition) is 4. The Kier molecular flexibility index (Phi) is 13.3. The molecule has 1 aliphatic rings. The van der Waals surface area contributed by atoms with Gasteiger partial charge in [0.15, 0.2) is 11.6 Å². The molecule has 0 spiro atoms. The number of nitrogens with one attached hydrogen (secondary N) is 1. The first-order chi connectivity index (χ1) is 24.5. The second-order valence-electron chi connectivity index (χ2n) is 13.4. The van der Waals surface area contributed by atoms with Gasteiger partial charge in [0.25, 0.3) is 0 Å². The molecule has 0 radical (unpaired) electrons. The Labute approximate surface area is 303 Å². The average molecular weight is 725 g/mol. The quantitative estimate of drug-likeness (QED) is 0.0890. The van der Waals surface area contributed by atoms with Crippen molar-refractivity contribution in [3.63, 3.8) is 0 Å². The van der Waals surface area contributed by atoms with Crippen LogP contribution in [0, 0.1) is 25.5 Å². The van der Waals surface area contributed by atoms with Crippen LogP contribution in [0.5, 0.6) is 17.2 Å². The minimum absolute atomic E-state index is 0.0472. The Balaban J connectivity index is 1.31. The summed E-state index contributed by atoms with van der Waals surface area (Å²) in [4.78, 5) is 2.27. The van der Waals surface area contributed by atoms with Gasteiger partial charge in [0.1, 0.15) is 30.5 Å². The molecular weight excluding hydrogens is 678 g/mol. The van der Waals surface area contributed by atoms with Crippen LogP contribution >= 0.6 is 11.6 Å². The fourth-order valence-electron chi connectivity index (χ4n) is 6.06. The average Bonchev–Trinajstić information content (AvgIpc) is 3.55. The van der Waals surface area contributed by atoms with Crippen LogP contribution < -0.4 is 19.5 Å². The molecule has 0 bridgehead atoms. The Morgan fingerprint density at radius 1 is 0.843 bits per heavy atom. The normalized spacial score (nSPS) is 15.0. The van der Waals surface area contributed by atoms with Crippen LogP contribution in [0.15, 0.2) is 66.7 Å². The molecule has 274 valence electrons. The first-order valence-corrected chi connectivity index (χ1v) is 17.6. The Morgan fingerprint density at radius 3 is 2.27 bits per heavy atom. The minimum Gasteiger partial charge on any atom is -0.493 e. The number of halogens is 3. The highest BCUT2D eigenvalue weighted by molar-refractivity contribution is 6.32. The van der Waals surface area contributed by atoms with Crippen LogP contribution in [0.25, 0.3) is 11.1 Å². The van der Waals surface area contributed by atoms with E-state index in [1.807, 2.05) is 24.3 Å². The molecule has 1 aliphatic heterocycles. The lowest BCUT2D eigenvalue weighted by Crippen LogP contribution is -2.48. The van der Waals surface area contributed by atoms with E-state index >= 15 is 0 Å². The van der Waals surface area contributed by atoms with Crippen LogP contribution in [0.1, 0.15) is 47.6 Å². The van der Waals surface area contributed by atoms with E-state index < -0.39 is 17.2 Å². The summed E-state index contributed by atoms with van der Waals surface area (Å²) in [7, 11) is 0. The Bertz CT molecular complexity index is 1790. The van der Waals surface area contributed by atoms with Crippen LogP contribution in [-0.4, -0.2) is 71.3 Å². The summed E-state index contributed by atoms with van der Waals surface area (Å²) in [6, 6.07) is 19.1. The lowest BCUT2D eigenvalue weighted by atomic mass is 9.93. The first kappa shape index (κ1) is 38.5. The topological polar surface area (TPSA) is 104 Å². The molecule has 5 rings (SSSR count). The van der Waals surface area contributed by atoms with Gasteiger partial charge in [-0.1, -0.05) is 48.0 Å². The SMILES string of the molecule is Cc1c(COc2cc(OCc3ccc(F)c(F)c3)c(CNC(C)(CO)CO)cc2Cl)cccc1-c1cccc(OCCCN2CC[C@@H](O)C2)c1C. The Hall–Kier alpha value is -3.77. The van der Waals surface area contributed by atoms with Crippen LogP contribution in [0.4, 0.5) is 8.78 Å². The summed E-state index contributed by atoms with van der Waals surface area (Å²) in [5, 5.41) is 32.7. The molecular formula is C40H47ClF2N2O6. The molecule has 4 N–H and O–H groups in total. The van der Waals surface area contributed by atoms with Gasteiger partial charge in [-0.05, 0) is 91.3 Å². The molecule has 0 aromatic heterocycles. The molecule has 0 aliphatic carbocycles. The van der Waals surface area contributed by atoms with Gasteiger partial charge in [0.2, 0.25) is 0 Å². The van der Waals surface area contributed by atoms with E-state index in [1.165, 1.54) is 6.07 Å². The van der Waals surface area contributed by atoms with Gasteiger partial charge >= 0.3 is 0 Å². The molecule has 0 amide bonds. The number of ether oxygens (including phenoxy) is 3. The standard InChI is InChI=1S/C40H47ClF2N2O6/c1-26-29(7-4-8-32(26)33-9-5-10-37(27(33)2)49-16-6-14-45-15-13-31(48)21-45)23-51-39-19-38(50-22-28-11-12-35(42)36(43)17-28)30(18-34(39)41)20-44-40(3,24-46)25-47/h4-5,7-12,17-19,31,44,46-48H,6,13-16,20-25H2,1-3H3/t31-/m1/s1. The molecule has 4 aromatic rings. The number of rotatable bonds is 17. The van der Waals surface area contributed by atoms with Gasteiger partial charge in [-0.15, -0.1) is 0 Å². The van der Waals surface area contributed by atoms with Gasteiger partial charge in [0.05, 0.1) is 36.5 Å². The first-order valence-electron chi connectivity index (χ1n) is 17.2. The summed E-state index contributed by atoms with van der Waals surface area (Å²) in [5.41, 5.74) is 5.27. The van der Waals surface area contributed by atoms with E-state index in [9.17, 15) is 24.1 Å². The molecule has 0 saturated carbocycles. The fraction of sp³-hybridized carbons (Fsp3) is 0.400. The number of β-amino-alcohol motifs (C(OH)–C–C–N with tert-alkyl or cyclic N) is 1. The summed E-state index contributed by atoms with van der Waals surface area (Å²) in [6.07, 6.45) is 1.49. The second kappa shape index (κ2) is 17.6. The molecule has 1 saturated heterocycles. The Morgan fingerprint density at radius 2 is 1.57 bits per heavy atom. The van der Waals surface area contributed by atoms with Crippen LogP contribution in [-0.2, 0) is 19.8 Å². The highest BCUT2D eigenvalue weighted by atomic mass is 35.5. The highest BCUT2D eigenvalue weighted by Crippen LogP contribution is 2.36. The van der Waals surface area contributed by atoms with E-state index in [4.69, 9.17) is 25.8 Å². The van der Waals surface area contributed by atoms with Gasteiger partial charge in [-0.2, -0.15) is 0 Å². The number of likely N-dealkylation sites (tertiary alicyclic amines) is 1. The molecule has 0 unspecified atom stereocenters.